The zero-order valence-electron chi connectivity index (χ0n) is 10.4. The fourth-order valence-electron chi connectivity index (χ4n) is 1.02. The van der Waals surface area contributed by atoms with Crippen LogP contribution in [0.25, 0.3) is 0 Å². The Morgan fingerprint density at radius 2 is 1.59 bits per heavy atom. The lowest BCUT2D eigenvalue weighted by Crippen LogP contribution is -2.12. The van der Waals surface area contributed by atoms with Gasteiger partial charge >= 0.3 is 6.18 Å². The summed E-state index contributed by atoms with van der Waals surface area (Å²) in [5.41, 5.74) is -1.06. The van der Waals surface area contributed by atoms with Gasteiger partial charge in [0.1, 0.15) is 5.83 Å². The van der Waals surface area contributed by atoms with Crippen molar-refractivity contribution >= 4 is 0 Å². The molecule has 0 spiro atoms. The van der Waals surface area contributed by atoms with Crippen molar-refractivity contribution in [3.63, 3.8) is 0 Å². The summed E-state index contributed by atoms with van der Waals surface area (Å²) in [5, 5.41) is 0. The van der Waals surface area contributed by atoms with Crippen LogP contribution in [0.5, 0.6) is 0 Å². The van der Waals surface area contributed by atoms with Crippen molar-refractivity contribution in [3.8, 4) is 0 Å². The van der Waals surface area contributed by atoms with Crippen LogP contribution in [0.1, 0.15) is 27.2 Å². The summed E-state index contributed by atoms with van der Waals surface area (Å²) in [6.45, 7) is 11.7. The maximum atomic E-state index is 12.8. The Labute approximate surface area is 100 Å². The molecule has 0 rings (SSSR count). The smallest absolute Gasteiger partial charge is 0.207 e. The lowest BCUT2D eigenvalue weighted by atomic mass is 10.0. The molecule has 0 amide bonds. The summed E-state index contributed by atoms with van der Waals surface area (Å²) in [5.74, 6) is -0.796. The standard InChI is InChI=1S/C11H12F4.C2H6/c1-4-8(7-9(12)5-2)10(6-3)11(13,14)15;1-2/h5-7H,2-4H2,1H3;1-2H3/b9-7+,10-8+;. The van der Waals surface area contributed by atoms with Crippen LogP contribution in [0.4, 0.5) is 17.6 Å². The molecule has 0 saturated heterocycles. The molecule has 0 N–H and O–H groups in total. The van der Waals surface area contributed by atoms with Crippen LogP contribution < -0.4 is 0 Å². The van der Waals surface area contributed by atoms with Crippen LogP contribution in [0.2, 0.25) is 0 Å². The van der Waals surface area contributed by atoms with Crippen molar-refractivity contribution in [1.29, 1.82) is 0 Å². The first kappa shape index (κ1) is 18.1. The van der Waals surface area contributed by atoms with E-state index in [9.17, 15) is 17.6 Å². The van der Waals surface area contributed by atoms with E-state index < -0.39 is 17.6 Å². The molecule has 0 heterocycles. The summed E-state index contributed by atoms with van der Waals surface area (Å²) >= 11 is 0. The van der Waals surface area contributed by atoms with Crippen LogP contribution >= 0.6 is 0 Å². The highest BCUT2D eigenvalue weighted by molar-refractivity contribution is 5.37. The van der Waals surface area contributed by atoms with Gasteiger partial charge in [-0.3, -0.25) is 0 Å². The molecule has 0 unspecified atom stereocenters. The third kappa shape index (κ3) is 6.76. The van der Waals surface area contributed by atoms with Crippen LogP contribution in [0.3, 0.4) is 0 Å². The third-order valence-corrected chi connectivity index (χ3v) is 1.74. The van der Waals surface area contributed by atoms with Gasteiger partial charge in [0.2, 0.25) is 0 Å². The van der Waals surface area contributed by atoms with Crippen molar-refractivity contribution in [2.45, 2.75) is 33.4 Å². The minimum atomic E-state index is -4.51. The zero-order valence-corrected chi connectivity index (χ0v) is 10.4. The Morgan fingerprint density at radius 1 is 1.12 bits per heavy atom. The van der Waals surface area contributed by atoms with Crippen LogP contribution in [0.15, 0.2) is 48.4 Å². The van der Waals surface area contributed by atoms with Gasteiger partial charge in [-0.2, -0.15) is 13.2 Å². The van der Waals surface area contributed by atoms with E-state index in [4.69, 9.17) is 0 Å². The molecule has 0 aliphatic rings. The topological polar surface area (TPSA) is 0 Å². The fraction of sp³-hybridized carbons (Fsp3) is 0.385. The molecule has 0 aliphatic heterocycles. The lowest BCUT2D eigenvalue weighted by molar-refractivity contribution is -0.0888. The van der Waals surface area contributed by atoms with Crippen LogP contribution in [-0.2, 0) is 0 Å². The van der Waals surface area contributed by atoms with Gasteiger partial charge in [-0.25, -0.2) is 4.39 Å². The molecule has 0 radical (unpaired) electrons. The number of alkyl halides is 3. The monoisotopic (exact) mass is 250 g/mol. The Bertz CT molecular complexity index is 306. The minimum absolute atomic E-state index is 0.0716. The molecule has 0 aromatic rings. The third-order valence-electron chi connectivity index (χ3n) is 1.74. The normalized spacial score (nSPS) is 13.2. The molecular weight excluding hydrogens is 232 g/mol. The van der Waals surface area contributed by atoms with Gasteiger partial charge in [-0.05, 0) is 24.1 Å². The Kier molecular flexibility index (Phi) is 9.33. The van der Waals surface area contributed by atoms with Gasteiger partial charge < -0.3 is 0 Å². The number of halogens is 4. The molecule has 0 saturated carbocycles. The van der Waals surface area contributed by atoms with Gasteiger partial charge in [0, 0.05) is 0 Å². The van der Waals surface area contributed by atoms with Gasteiger partial charge in [-0.1, -0.05) is 40.0 Å². The number of allylic oxidation sites excluding steroid dienone is 6. The Morgan fingerprint density at radius 3 is 1.82 bits per heavy atom. The Balaban J connectivity index is 0. The minimum Gasteiger partial charge on any atom is -0.207 e. The molecule has 17 heavy (non-hydrogen) atoms. The van der Waals surface area contributed by atoms with Gasteiger partial charge in [0.25, 0.3) is 0 Å². The van der Waals surface area contributed by atoms with E-state index in [0.717, 1.165) is 12.2 Å². The second-order valence-corrected chi connectivity index (χ2v) is 2.73. The predicted molar refractivity (Wildman–Crippen MR) is 64.3 cm³/mol. The number of hydrogen-bond donors (Lipinski definition) is 0. The summed E-state index contributed by atoms with van der Waals surface area (Å²) in [7, 11) is 0. The van der Waals surface area contributed by atoms with E-state index in [1.54, 1.807) is 0 Å². The SMILES string of the molecule is C=C/C(F)=C\C(CC)=C(/C=C)C(F)(F)F.CC. The van der Waals surface area contributed by atoms with Crippen molar-refractivity contribution < 1.29 is 17.6 Å². The molecule has 4 heteroatoms. The molecule has 98 valence electrons. The van der Waals surface area contributed by atoms with Gasteiger partial charge in [0.05, 0.1) is 5.57 Å². The number of rotatable bonds is 4. The highest BCUT2D eigenvalue weighted by Crippen LogP contribution is 2.31. The van der Waals surface area contributed by atoms with E-state index >= 15 is 0 Å². The predicted octanol–water partition coefficient (Wildman–Crippen LogP) is 5.51. The number of hydrogen-bond acceptors (Lipinski definition) is 0. The van der Waals surface area contributed by atoms with E-state index in [1.807, 2.05) is 13.8 Å². The van der Waals surface area contributed by atoms with Crippen molar-refractivity contribution in [2.24, 2.45) is 0 Å². The highest BCUT2D eigenvalue weighted by Gasteiger charge is 2.33. The maximum absolute atomic E-state index is 12.8. The fourth-order valence-corrected chi connectivity index (χ4v) is 1.02. The average Bonchev–Trinajstić information content (AvgIpc) is 2.29. The largest absolute Gasteiger partial charge is 0.416 e. The van der Waals surface area contributed by atoms with E-state index in [2.05, 4.69) is 13.2 Å². The average molecular weight is 250 g/mol. The first-order chi connectivity index (χ1) is 7.86. The van der Waals surface area contributed by atoms with E-state index in [-0.39, 0.29) is 12.0 Å². The summed E-state index contributed by atoms with van der Waals surface area (Å²) in [6, 6.07) is 0. The molecule has 0 aliphatic carbocycles. The molecule has 0 aromatic heterocycles. The molecular formula is C13H18F4. The Hall–Kier alpha value is -1.32. The summed E-state index contributed by atoms with van der Waals surface area (Å²) in [6.07, 6.45) is -2.08. The molecule has 0 atom stereocenters. The van der Waals surface area contributed by atoms with Crippen molar-refractivity contribution in [1.82, 2.24) is 0 Å². The van der Waals surface area contributed by atoms with Gasteiger partial charge in [-0.15, -0.1) is 0 Å². The first-order valence-corrected chi connectivity index (χ1v) is 5.29. The quantitative estimate of drug-likeness (QED) is 0.456. The second kappa shape index (κ2) is 8.79. The zero-order chi connectivity index (χ0) is 14.1. The van der Waals surface area contributed by atoms with Crippen molar-refractivity contribution in [3.05, 3.63) is 48.4 Å². The summed E-state index contributed by atoms with van der Waals surface area (Å²) in [4.78, 5) is 0. The lowest BCUT2D eigenvalue weighted by Gasteiger charge is -2.11. The second-order valence-electron chi connectivity index (χ2n) is 2.73. The van der Waals surface area contributed by atoms with E-state index in [1.165, 1.54) is 6.92 Å². The summed E-state index contributed by atoms with van der Waals surface area (Å²) < 4.78 is 50.0. The van der Waals surface area contributed by atoms with Crippen LogP contribution in [0, 0.1) is 0 Å². The highest BCUT2D eigenvalue weighted by atomic mass is 19.4. The molecule has 0 nitrogen and oxygen atoms in total. The first-order valence-electron chi connectivity index (χ1n) is 5.29. The van der Waals surface area contributed by atoms with E-state index in [0.29, 0.717) is 6.08 Å². The maximum Gasteiger partial charge on any atom is 0.416 e. The molecule has 0 aromatic carbocycles. The van der Waals surface area contributed by atoms with Crippen molar-refractivity contribution in [2.75, 3.05) is 0 Å². The van der Waals surface area contributed by atoms with Gasteiger partial charge in [0.15, 0.2) is 0 Å². The molecule has 0 fully saturated rings. The van der Waals surface area contributed by atoms with Crippen LogP contribution in [-0.4, -0.2) is 6.18 Å². The molecule has 0 bridgehead atoms.